The smallest absolute Gasteiger partial charge is 0.258 e. The Morgan fingerprint density at radius 3 is 2.74 bits per heavy atom. The van der Waals surface area contributed by atoms with Crippen LogP contribution in [0.3, 0.4) is 0 Å². The van der Waals surface area contributed by atoms with Gasteiger partial charge in [0.05, 0.1) is 9.95 Å². The molecule has 0 spiro atoms. The van der Waals surface area contributed by atoms with Crippen LogP contribution >= 0.6 is 22.9 Å². The quantitative estimate of drug-likeness (QED) is 0.679. The number of non-ortho nitro benzene ring substituents is 1. The molecule has 0 amide bonds. The zero-order valence-electron chi connectivity index (χ0n) is 8.98. The molecule has 8 nitrogen and oxygen atoms in total. The molecule has 0 aliphatic rings. The van der Waals surface area contributed by atoms with E-state index in [9.17, 15) is 18.5 Å². The first-order valence-corrected chi connectivity index (χ1v) is 7.37. The predicted octanol–water partition coefficient (Wildman–Crippen LogP) is 1.90. The number of rotatable bonds is 4. The molecule has 0 unspecified atom stereocenters. The fraction of sp³-hybridized carbons (Fsp3) is 0. The zero-order chi connectivity index (χ0) is 14.0. The van der Waals surface area contributed by atoms with Gasteiger partial charge in [0.1, 0.15) is 10.4 Å². The van der Waals surface area contributed by atoms with Crippen LogP contribution in [0.15, 0.2) is 28.6 Å². The van der Waals surface area contributed by atoms with E-state index in [1.807, 2.05) is 0 Å². The number of anilines is 1. The van der Waals surface area contributed by atoms with Crippen molar-refractivity contribution >= 4 is 43.8 Å². The third-order valence-electron chi connectivity index (χ3n) is 2.00. The Bertz CT molecular complexity index is 716. The summed E-state index contributed by atoms with van der Waals surface area (Å²) >= 11 is 6.72. The van der Waals surface area contributed by atoms with Crippen LogP contribution in [0.2, 0.25) is 5.02 Å². The van der Waals surface area contributed by atoms with E-state index >= 15 is 0 Å². The van der Waals surface area contributed by atoms with Crippen LogP contribution in [-0.4, -0.2) is 23.5 Å². The first kappa shape index (κ1) is 13.6. The Hall–Kier alpha value is -1.78. The Kier molecular flexibility index (Phi) is 3.64. The second-order valence-electron chi connectivity index (χ2n) is 3.22. The number of nitrogens with one attached hydrogen (secondary N) is 1. The molecule has 0 aliphatic heterocycles. The van der Waals surface area contributed by atoms with Gasteiger partial charge in [0.25, 0.3) is 15.7 Å². The normalized spacial score (nSPS) is 11.2. The van der Waals surface area contributed by atoms with E-state index in [1.54, 1.807) is 0 Å². The topological polar surface area (TPSA) is 115 Å². The Morgan fingerprint density at radius 1 is 1.42 bits per heavy atom. The molecule has 19 heavy (non-hydrogen) atoms. The number of halogens is 1. The van der Waals surface area contributed by atoms with Gasteiger partial charge in [0, 0.05) is 12.1 Å². The SMILES string of the molecule is O=[N+]([O-])c1ccc(Cl)c(S(=O)(=O)Nc2nncs2)c1. The van der Waals surface area contributed by atoms with E-state index in [1.165, 1.54) is 5.51 Å². The molecule has 100 valence electrons. The van der Waals surface area contributed by atoms with E-state index in [0.717, 1.165) is 29.5 Å². The predicted molar refractivity (Wildman–Crippen MR) is 68.8 cm³/mol. The number of nitro groups is 1. The van der Waals surface area contributed by atoms with E-state index in [4.69, 9.17) is 11.6 Å². The van der Waals surface area contributed by atoms with Crippen molar-refractivity contribution < 1.29 is 13.3 Å². The van der Waals surface area contributed by atoms with Gasteiger partial charge in [-0.3, -0.25) is 14.8 Å². The van der Waals surface area contributed by atoms with Gasteiger partial charge in [0.15, 0.2) is 0 Å². The summed E-state index contributed by atoms with van der Waals surface area (Å²) in [5, 5.41) is 17.5. The summed E-state index contributed by atoms with van der Waals surface area (Å²) < 4.78 is 26.2. The lowest BCUT2D eigenvalue weighted by Gasteiger charge is -2.06. The Labute approximate surface area is 116 Å². The second-order valence-corrected chi connectivity index (χ2v) is 6.11. The van der Waals surface area contributed by atoms with Crippen LogP contribution in [0.4, 0.5) is 10.8 Å². The van der Waals surface area contributed by atoms with Gasteiger partial charge < -0.3 is 0 Å². The molecule has 0 atom stereocenters. The average molecular weight is 321 g/mol. The highest BCUT2D eigenvalue weighted by atomic mass is 35.5. The van der Waals surface area contributed by atoms with Crippen LogP contribution < -0.4 is 4.72 Å². The third kappa shape index (κ3) is 2.97. The largest absolute Gasteiger partial charge is 0.270 e. The first-order chi connectivity index (χ1) is 8.90. The van der Waals surface area contributed by atoms with Gasteiger partial charge in [-0.05, 0) is 6.07 Å². The standard InChI is InChI=1S/C8H5ClN4O4S2/c9-6-2-1-5(13(14)15)3-7(6)19(16,17)12-8-11-10-4-18-8/h1-4H,(H,11,12). The number of nitro benzene ring substituents is 1. The summed E-state index contributed by atoms with van der Waals surface area (Å²) in [5.74, 6) is 0. The summed E-state index contributed by atoms with van der Waals surface area (Å²) in [4.78, 5) is 9.54. The highest BCUT2D eigenvalue weighted by molar-refractivity contribution is 7.93. The number of hydrogen-bond acceptors (Lipinski definition) is 7. The van der Waals surface area contributed by atoms with E-state index in [-0.39, 0.29) is 15.8 Å². The van der Waals surface area contributed by atoms with Crippen molar-refractivity contribution in [1.82, 2.24) is 10.2 Å². The van der Waals surface area contributed by atoms with Crippen LogP contribution in [0.25, 0.3) is 0 Å². The monoisotopic (exact) mass is 320 g/mol. The zero-order valence-corrected chi connectivity index (χ0v) is 11.4. The van der Waals surface area contributed by atoms with Gasteiger partial charge >= 0.3 is 0 Å². The third-order valence-corrected chi connectivity index (χ3v) is 4.55. The number of aromatic nitrogens is 2. The van der Waals surface area contributed by atoms with Crippen LogP contribution in [-0.2, 0) is 10.0 Å². The molecule has 0 fully saturated rings. The van der Waals surface area contributed by atoms with Crippen LogP contribution in [0.5, 0.6) is 0 Å². The van der Waals surface area contributed by atoms with Gasteiger partial charge in [-0.1, -0.05) is 22.9 Å². The fourth-order valence-electron chi connectivity index (χ4n) is 1.20. The van der Waals surface area contributed by atoms with Crippen molar-refractivity contribution in [1.29, 1.82) is 0 Å². The maximum Gasteiger partial charge on any atom is 0.270 e. The van der Waals surface area contributed by atoms with E-state index in [0.29, 0.717) is 0 Å². The van der Waals surface area contributed by atoms with Crippen molar-refractivity contribution in [2.45, 2.75) is 4.90 Å². The minimum atomic E-state index is -4.05. The average Bonchev–Trinajstić information content (AvgIpc) is 2.81. The highest BCUT2D eigenvalue weighted by Gasteiger charge is 2.22. The van der Waals surface area contributed by atoms with E-state index < -0.39 is 19.8 Å². The van der Waals surface area contributed by atoms with Crippen molar-refractivity contribution in [3.8, 4) is 0 Å². The molecule has 1 N–H and O–H groups in total. The van der Waals surface area contributed by atoms with E-state index in [2.05, 4.69) is 14.9 Å². The van der Waals surface area contributed by atoms with Crippen molar-refractivity contribution in [3.05, 3.63) is 38.8 Å². The number of hydrogen-bond donors (Lipinski definition) is 1. The highest BCUT2D eigenvalue weighted by Crippen LogP contribution is 2.27. The van der Waals surface area contributed by atoms with Gasteiger partial charge in [-0.2, -0.15) is 0 Å². The Balaban J connectivity index is 2.45. The molecule has 1 aromatic heterocycles. The lowest BCUT2D eigenvalue weighted by Crippen LogP contribution is -2.13. The summed E-state index contributed by atoms with van der Waals surface area (Å²) in [7, 11) is -4.05. The minimum Gasteiger partial charge on any atom is -0.258 e. The van der Waals surface area contributed by atoms with Crippen LogP contribution in [0, 0.1) is 10.1 Å². The van der Waals surface area contributed by atoms with Crippen LogP contribution in [0.1, 0.15) is 0 Å². The maximum absolute atomic E-state index is 12.0. The molecule has 0 radical (unpaired) electrons. The summed E-state index contributed by atoms with van der Waals surface area (Å²) in [6, 6.07) is 3.15. The lowest BCUT2D eigenvalue weighted by molar-refractivity contribution is -0.385. The first-order valence-electron chi connectivity index (χ1n) is 4.63. The lowest BCUT2D eigenvalue weighted by atomic mass is 10.3. The van der Waals surface area contributed by atoms with Crippen molar-refractivity contribution in [3.63, 3.8) is 0 Å². The molecular formula is C8H5ClN4O4S2. The van der Waals surface area contributed by atoms with Crippen molar-refractivity contribution in [2.24, 2.45) is 0 Å². The molecule has 0 saturated heterocycles. The van der Waals surface area contributed by atoms with Gasteiger partial charge in [0.2, 0.25) is 5.13 Å². The summed E-state index contributed by atoms with van der Waals surface area (Å²) in [6.07, 6.45) is 0. The molecule has 1 heterocycles. The fourth-order valence-corrected chi connectivity index (χ4v) is 3.41. The molecular weight excluding hydrogens is 316 g/mol. The second kappa shape index (κ2) is 5.07. The molecule has 1 aromatic carbocycles. The van der Waals surface area contributed by atoms with Crippen molar-refractivity contribution in [2.75, 3.05) is 4.72 Å². The number of benzene rings is 1. The molecule has 2 rings (SSSR count). The maximum atomic E-state index is 12.0. The summed E-state index contributed by atoms with van der Waals surface area (Å²) in [5.41, 5.74) is 0.967. The molecule has 0 saturated carbocycles. The molecule has 2 aromatic rings. The summed E-state index contributed by atoms with van der Waals surface area (Å²) in [6.45, 7) is 0. The number of sulfonamides is 1. The molecule has 0 bridgehead atoms. The van der Waals surface area contributed by atoms with Gasteiger partial charge in [-0.25, -0.2) is 8.42 Å². The molecule has 0 aliphatic carbocycles. The van der Waals surface area contributed by atoms with Gasteiger partial charge in [-0.15, -0.1) is 10.2 Å². The number of nitrogens with zero attached hydrogens (tertiary/aromatic N) is 3. The Morgan fingerprint density at radius 2 is 2.16 bits per heavy atom. The molecule has 11 heteroatoms. The minimum absolute atomic E-state index is 0.0440.